The number of allylic oxidation sites excluding steroid dienone is 8. The lowest BCUT2D eigenvalue weighted by Crippen LogP contribution is -2.30. The summed E-state index contributed by atoms with van der Waals surface area (Å²) in [5.41, 5.74) is 0. The molecule has 0 aromatic carbocycles. The van der Waals surface area contributed by atoms with Crippen molar-refractivity contribution in [1.82, 2.24) is 0 Å². The number of ether oxygens (including phenoxy) is 3. The molecule has 6 nitrogen and oxygen atoms in total. The van der Waals surface area contributed by atoms with Gasteiger partial charge >= 0.3 is 17.9 Å². The SMILES string of the molecule is CC/C=C\C/C=C\C/C=C\CCCCCC(=O)OCC(COC(=O)CCCCCCCCCCCCCCCCCC)OC(=O)CCCCCCC/C=C\CCCCCCC. The maximum atomic E-state index is 12.8. The van der Waals surface area contributed by atoms with Crippen LogP contribution in [0.25, 0.3) is 0 Å². The summed E-state index contributed by atoms with van der Waals surface area (Å²) >= 11 is 0. The molecule has 0 aromatic rings. The van der Waals surface area contributed by atoms with E-state index in [1.807, 2.05) is 0 Å². The topological polar surface area (TPSA) is 78.9 Å². The van der Waals surface area contributed by atoms with E-state index in [9.17, 15) is 14.4 Å². The lowest BCUT2D eigenvalue weighted by molar-refractivity contribution is -0.167. The summed E-state index contributed by atoms with van der Waals surface area (Å²) in [7, 11) is 0. The van der Waals surface area contributed by atoms with Crippen LogP contribution in [0.5, 0.6) is 0 Å². The van der Waals surface area contributed by atoms with Crippen LogP contribution >= 0.6 is 0 Å². The van der Waals surface area contributed by atoms with Crippen molar-refractivity contribution in [3.8, 4) is 0 Å². The zero-order valence-electron chi connectivity index (χ0n) is 40.4. The average Bonchev–Trinajstić information content (AvgIpc) is 3.26. The number of rotatable bonds is 47. The van der Waals surface area contributed by atoms with E-state index in [4.69, 9.17) is 14.2 Å². The third-order valence-corrected chi connectivity index (χ3v) is 11.3. The Balaban J connectivity index is 4.39. The fraction of sp³-hybridized carbons (Fsp3) is 0.800. The molecule has 0 aromatic heterocycles. The van der Waals surface area contributed by atoms with Crippen molar-refractivity contribution in [2.24, 2.45) is 0 Å². The monoisotopic (exact) mass is 855 g/mol. The van der Waals surface area contributed by atoms with Gasteiger partial charge in [-0.15, -0.1) is 0 Å². The fourth-order valence-corrected chi connectivity index (χ4v) is 7.39. The number of hydrogen-bond donors (Lipinski definition) is 0. The molecule has 1 atom stereocenters. The zero-order valence-corrected chi connectivity index (χ0v) is 40.4. The van der Waals surface area contributed by atoms with Crippen LogP contribution in [-0.4, -0.2) is 37.2 Å². The predicted octanol–water partition coefficient (Wildman–Crippen LogP) is 17.1. The van der Waals surface area contributed by atoms with Crippen LogP contribution in [0, 0.1) is 0 Å². The standard InChI is InChI=1S/C55H98O6/c1-4-7-10-13-16-19-22-25-27-28-31-33-36-39-42-45-48-54(57)60-51-52(50-59-53(56)47-44-41-38-35-32-29-24-21-18-15-12-9-6-3)61-55(58)49-46-43-40-37-34-30-26-23-20-17-14-11-8-5-2/h9,12,18,21,23,26,29,32,52H,4-8,10-11,13-17,19-20,22,24-25,27-28,30-31,33-51H2,1-3H3/b12-9-,21-18-,26-23-,32-29-. The quantitative estimate of drug-likeness (QED) is 0.0263. The minimum absolute atomic E-state index is 0.0834. The molecular weight excluding hydrogens is 757 g/mol. The van der Waals surface area contributed by atoms with Crippen molar-refractivity contribution in [3.63, 3.8) is 0 Å². The van der Waals surface area contributed by atoms with Crippen LogP contribution in [0.4, 0.5) is 0 Å². The molecule has 0 fully saturated rings. The first-order valence-corrected chi connectivity index (χ1v) is 26.1. The second-order valence-electron chi connectivity index (χ2n) is 17.4. The third-order valence-electron chi connectivity index (χ3n) is 11.3. The third kappa shape index (κ3) is 48.3. The summed E-state index contributed by atoms with van der Waals surface area (Å²) in [5.74, 6) is -0.914. The highest BCUT2D eigenvalue weighted by Gasteiger charge is 2.19. The lowest BCUT2D eigenvalue weighted by atomic mass is 10.0. The number of hydrogen-bond acceptors (Lipinski definition) is 6. The van der Waals surface area contributed by atoms with Gasteiger partial charge in [0, 0.05) is 19.3 Å². The van der Waals surface area contributed by atoms with Gasteiger partial charge in [-0.05, 0) is 77.0 Å². The van der Waals surface area contributed by atoms with Crippen molar-refractivity contribution >= 4 is 17.9 Å². The van der Waals surface area contributed by atoms with Crippen LogP contribution in [0.3, 0.4) is 0 Å². The van der Waals surface area contributed by atoms with Gasteiger partial charge in [0.2, 0.25) is 0 Å². The first-order chi connectivity index (χ1) is 30.0. The molecular formula is C55H98O6. The molecule has 0 saturated carbocycles. The van der Waals surface area contributed by atoms with Crippen LogP contribution in [0.1, 0.15) is 265 Å². The maximum Gasteiger partial charge on any atom is 0.306 e. The Bertz CT molecular complexity index is 1070. The lowest BCUT2D eigenvalue weighted by Gasteiger charge is -2.18. The van der Waals surface area contributed by atoms with Gasteiger partial charge in [-0.2, -0.15) is 0 Å². The van der Waals surface area contributed by atoms with Crippen LogP contribution in [0.15, 0.2) is 48.6 Å². The molecule has 0 heterocycles. The van der Waals surface area contributed by atoms with Gasteiger partial charge in [0.1, 0.15) is 13.2 Å². The van der Waals surface area contributed by atoms with Gasteiger partial charge in [-0.3, -0.25) is 14.4 Å². The van der Waals surface area contributed by atoms with Crippen LogP contribution in [-0.2, 0) is 28.6 Å². The summed E-state index contributed by atoms with van der Waals surface area (Å²) in [4.78, 5) is 38.0. The molecule has 0 saturated heterocycles. The minimum Gasteiger partial charge on any atom is -0.462 e. The van der Waals surface area contributed by atoms with E-state index in [0.717, 1.165) is 96.3 Å². The number of carbonyl (C=O) groups is 3. The Morgan fingerprint density at radius 1 is 0.344 bits per heavy atom. The molecule has 1 unspecified atom stereocenters. The van der Waals surface area contributed by atoms with E-state index in [1.165, 1.54) is 128 Å². The van der Waals surface area contributed by atoms with Gasteiger partial charge in [-0.1, -0.05) is 217 Å². The summed E-state index contributed by atoms with van der Waals surface area (Å²) in [6, 6.07) is 0. The molecule has 0 bridgehead atoms. The highest BCUT2D eigenvalue weighted by Crippen LogP contribution is 2.15. The molecule has 0 rings (SSSR count). The average molecular weight is 855 g/mol. The Morgan fingerprint density at radius 3 is 1.03 bits per heavy atom. The van der Waals surface area contributed by atoms with E-state index in [2.05, 4.69) is 69.4 Å². The molecule has 6 heteroatoms. The Kier molecular flexibility index (Phi) is 47.9. The first-order valence-electron chi connectivity index (χ1n) is 26.1. The molecule has 61 heavy (non-hydrogen) atoms. The van der Waals surface area contributed by atoms with Crippen molar-refractivity contribution in [2.75, 3.05) is 13.2 Å². The number of unbranched alkanes of at least 4 members (excludes halogenated alkanes) is 28. The molecule has 0 aliphatic heterocycles. The van der Waals surface area contributed by atoms with E-state index < -0.39 is 6.10 Å². The predicted molar refractivity (Wildman–Crippen MR) is 261 cm³/mol. The summed E-state index contributed by atoms with van der Waals surface area (Å²) in [6.07, 6.45) is 59.5. The second-order valence-corrected chi connectivity index (χ2v) is 17.4. The van der Waals surface area contributed by atoms with Gasteiger partial charge in [0.05, 0.1) is 0 Å². The van der Waals surface area contributed by atoms with Gasteiger partial charge in [-0.25, -0.2) is 0 Å². The van der Waals surface area contributed by atoms with Crippen LogP contribution < -0.4 is 0 Å². The van der Waals surface area contributed by atoms with Crippen molar-refractivity contribution in [1.29, 1.82) is 0 Å². The smallest absolute Gasteiger partial charge is 0.306 e. The Morgan fingerprint density at radius 2 is 0.639 bits per heavy atom. The fourth-order valence-electron chi connectivity index (χ4n) is 7.39. The normalized spacial score (nSPS) is 12.4. The molecule has 0 aliphatic carbocycles. The molecule has 354 valence electrons. The highest BCUT2D eigenvalue weighted by molar-refractivity contribution is 5.71. The molecule has 0 aliphatic rings. The van der Waals surface area contributed by atoms with Gasteiger partial charge in [0.15, 0.2) is 6.10 Å². The largest absolute Gasteiger partial charge is 0.462 e. The maximum absolute atomic E-state index is 12.8. The van der Waals surface area contributed by atoms with E-state index >= 15 is 0 Å². The molecule has 0 spiro atoms. The van der Waals surface area contributed by atoms with E-state index in [0.29, 0.717) is 19.3 Å². The Labute approximate surface area is 378 Å². The van der Waals surface area contributed by atoms with Crippen molar-refractivity contribution < 1.29 is 28.6 Å². The molecule has 0 amide bonds. The van der Waals surface area contributed by atoms with Crippen molar-refractivity contribution in [2.45, 2.75) is 271 Å². The molecule has 0 radical (unpaired) electrons. The van der Waals surface area contributed by atoms with Gasteiger partial charge < -0.3 is 14.2 Å². The number of carbonyl (C=O) groups excluding carboxylic acids is 3. The zero-order chi connectivity index (χ0) is 44.4. The Hall–Kier alpha value is -2.63. The van der Waals surface area contributed by atoms with E-state index in [1.54, 1.807) is 0 Å². The van der Waals surface area contributed by atoms with Crippen LogP contribution in [0.2, 0.25) is 0 Å². The second kappa shape index (κ2) is 50.0. The highest BCUT2D eigenvalue weighted by atomic mass is 16.6. The first kappa shape index (κ1) is 58.4. The van der Waals surface area contributed by atoms with Crippen molar-refractivity contribution in [3.05, 3.63) is 48.6 Å². The number of esters is 3. The summed E-state index contributed by atoms with van der Waals surface area (Å²) in [6.45, 7) is 6.50. The van der Waals surface area contributed by atoms with E-state index in [-0.39, 0.29) is 31.1 Å². The summed E-state index contributed by atoms with van der Waals surface area (Å²) < 4.78 is 16.8. The summed E-state index contributed by atoms with van der Waals surface area (Å²) in [5, 5.41) is 0. The molecule has 0 N–H and O–H groups in total. The van der Waals surface area contributed by atoms with Gasteiger partial charge in [0.25, 0.3) is 0 Å². The minimum atomic E-state index is -0.786.